The van der Waals surface area contributed by atoms with Crippen molar-refractivity contribution >= 4 is 23.0 Å². The molecule has 1 saturated heterocycles. The van der Waals surface area contributed by atoms with Crippen LogP contribution in [0.15, 0.2) is 42.5 Å². The molecule has 1 atom stereocenters. The van der Waals surface area contributed by atoms with E-state index in [1.807, 2.05) is 49.4 Å². The Balaban J connectivity index is 1.34. The quantitative estimate of drug-likeness (QED) is 0.827. The van der Waals surface area contributed by atoms with Crippen molar-refractivity contribution in [3.8, 4) is 11.5 Å². The lowest BCUT2D eigenvalue weighted by atomic mass is 10.2. The van der Waals surface area contributed by atoms with Gasteiger partial charge in [0.2, 0.25) is 5.91 Å². The molecule has 7 heteroatoms. The van der Waals surface area contributed by atoms with Crippen molar-refractivity contribution in [3.63, 3.8) is 0 Å². The van der Waals surface area contributed by atoms with Crippen molar-refractivity contribution in [3.05, 3.63) is 42.5 Å². The van der Waals surface area contributed by atoms with Crippen molar-refractivity contribution in [2.24, 2.45) is 0 Å². The summed E-state index contributed by atoms with van der Waals surface area (Å²) in [4.78, 5) is 14.8. The second kappa shape index (κ2) is 8.39. The molecule has 2 aliphatic rings. The van der Waals surface area contributed by atoms with E-state index in [-0.39, 0.29) is 5.91 Å². The summed E-state index contributed by atoms with van der Waals surface area (Å²) in [5.41, 5.74) is 2.73. The number of ether oxygens (including phenoxy) is 3. The van der Waals surface area contributed by atoms with Crippen LogP contribution in [0, 0.1) is 0 Å². The van der Waals surface area contributed by atoms with Crippen LogP contribution >= 0.6 is 0 Å². The number of amides is 1. The molecule has 4 rings (SSSR count). The first-order chi connectivity index (χ1) is 13.7. The summed E-state index contributed by atoms with van der Waals surface area (Å²) in [6.07, 6.45) is 0. The molecule has 148 valence electrons. The van der Waals surface area contributed by atoms with Crippen molar-refractivity contribution in [1.29, 1.82) is 0 Å². The van der Waals surface area contributed by atoms with Crippen LogP contribution in [-0.2, 0) is 9.53 Å². The number of anilines is 3. The van der Waals surface area contributed by atoms with Crippen LogP contribution in [-0.4, -0.2) is 51.5 Å². The van der Waals surface area contributed by atoms with Crippen molar-refractivity contribution in [2.75, 3.05) is 55.1 Å². The molecular formula is C21H25N3O4. The molecule has 1 fully saturated rings. The Morgan fingerprint density at radius 2 is 1.61 bits per heavy atom. The van der Waals surface area contributed by atoms with E-state index in [0.717, 1.165) is 49.1 Å². The fourth-order valence-corrected chi connectivity index (χ4v) is 3.28. The van der Waals surface area contributed by atoms with Gasteiger partial charge in [-0.2, -0.15) is 0 Å². The van der Waals surface area contributed by atoms with Gasteiger partial charge in [0.1, 0.15) is 19.3 Å². The van der Waals surface area contributed by atoms with Gasteiger partial charge in [-0.15, -0.1) is 0 Å². The molecule has 2 N–H and O–H groups in total. The predicted molar refractivity (Wildman–Crippen MR) is 109 cm³/mol. The average molecular weight is 383 g/mol. The summed E-state index contributed by atoms with van der Waals surface area (Å²) < 4.78 is 16.5. The topological polar surface area (TPSA) is 72.1 Å². The number of carbonyl (C=O) groups is 1. The van der Waals surface area contributed by atoms with Crippen molar-refractivity contribution in [2.45, 2.75) is 13.0 Å². The Kier molecular flexibility index (Phi) is 5.53. The fraction of sp³-hybridized carbons (Fsp3) is 0.381. The highest BCUT2D eigenvalue weighted by molar-refractivity contribution is 5.96. The molecule has 0 unspecified atom stereocenters. The van der Waals surface area contributed by atoms with Gasteiger partial charge in [-0.25, -0.2) is 0 Å². The minimum Gasteiger partial charge on any atom is -0.486 e. The minimum absolute atomic E-state index is 0.103. The molecule has 2 aromatic carbocycles. The van der Waals surface area contributed by atoms with Gasteiger partial charge >= 0.3 is 0 Å². The molecule has 1 amide bonds. The first-order valence-electron chi connectivity index (χ1n) is 9.59. The summed E-state index contributed by atoms with van der Waals surface area (Å²) in [7, 11) is 0. The van der Waals surface area contributed by atoms with Gasteiger partial charge < -0.3 is 29.7 Å². The van der Waals surface area contributed by atoms with Crippen LogP contribution < -0.4 is 25.0 Å². The van der Waals surface area contributed by atoms with E-state index in [9.17, 15) is 4.79 Å². The second-order valence-electron chi connectivity index (χ2n) is 6.86. The first kappa shape index (κ1) is 18.4. The Morgan fingerprint density at radius 1 is 0.929 bits per heavy atom. The van der Waals surface area contributed by atoms with E-state index in [4.69, 9.17) is 14.2 Å². The standard InChI is InChI=1S/C21H25N3O4/c1-15(22-17-4-7-19-20(14-17)28-13-12-27-19)21(25)23-16-2-5-18(6-3-16)24-8-10-26-11-9-24/h2-7,14-15,22H,8-13H2,1H3,(H,23,25)/t15-/m0/s1. The molecule has 0 bridgehead atoms. The van der Waals surface area contributed by atoms with Crippen molar-refractivity contribution in [1.82, 2.24) is 0 Å². The number of hydrogen-bond donors (Lipinski definition) is 2. The number of nitrogens with one attached hydrogen (secondary N) is 2. The molecular weight excluding hydrogens is 358 g/mol. The highest BCUT2D eigenvalue weighted by atomic mass is 16.6. The van der Waals surface area contributed by atoms with E-state index < -0.39 is 6.04 Å². The number of nitrogens with zero attached hydrogens (tertiary/aromatic N) is 1. The molecule has 0 aromatic heterocycles. The monoisotopic (exact) mass is 383 g/mol. The number of rotatable bonds is 5. The average Bonchev–Trinajstić information content (AvgIpc) is 2.75. The van der Waals surface area contributed by atoms with Crippen LogP contribution in [0.1, 0.15) is 6.92 Å². The lowest BCUT2D eigenvalue weighted by Gasteiger charge is -2.29. The van der Waals surface area contributed by atoms with Crippen LogP contribution in [0.5, 0.6) is 11.5 Å². The summed E-state index contributed by atoms with van der Waals surface area (Å²) in [5.74, 6) is 1.32. The maximum absolute atomic E-state index is 12.5. The lowest BCUT2D eigenvalue weighted by molar-refractivity contribution is -0.116. The Hall–Kier alpha value is -2.93. The summed E-state index contributed by atoms with van der Waals surface area (Å²) in [5, 5.41) is 6.16. The van der Waals surface area contributed by atoms with Gasteiger partial charge in [-0.1, -0.05) is 0 Å². The zero-order chi connectivity index (χ0) is 19.3. The third-order valence-corrected chi connectivity index (χ3v) is 4.83. The number of morpholine rings is 1. The third-order valence-electron chi connectivity index (χ3n) is 4.83. The van der Waals surface area contributed by atoms with Crippen LogP contribution in [0.2, 0.25) is 0 Å². The second-order valence-corrected chi connectivity index (χ2v) is 6.86. The van der Waals surface area contributed by atoms with E-state index in [1.165, 1.54) is 0 Å². The fourth-order valence-electron chi connectivity index (χ4n) is 3.28. The van der Waals surface area contributed by atoms with Gasteiger partial charge in [0.05, 0.1) is 13.2 Å². The minimum atomic E-state index is -0.401. The first-order valence-corrected chi connectivity index (χ1v) is 9.59. The SMILES string of the molecule is C[C@H](Nc1ccc2c(c1)OCCO2)C(=O)Nc1ccc(N2CCOCC2)cc1. The van der Waals surface area contributed by atoms with Gasteiger partial charge in [-0.3, -0.25) is 4.79 Å². The zero-order valence-electron chi connectivity index (χ0n) is 15.9. The molecule has 0 aliphatic carbocycles. The van der Waals surface area contributed by atoms with Crippen LogP contribution in [0.25, 0.3) is 0 Å². The van der Waals surface area contributed by atoms with E-state index in [0.29, 0.717) is 19.0 Å². The third kappa shape index (κ3) is 4.31. The maximum Gasteiger partial charge on any atom is 0.246 e. The van der Waals surface area contributed by atoms with Crippen LogP contribution in [0.3, 0.4) is 0 Å². The Bertz CT molecular complexity index is 819. The Labute approximate surface area is 164 Å². The predicted octanol–water partition coefficient (Wildman–Crippen LogP) is 2.73. The zero-order valence-corrected chi connectivity index (χ0v) is 15.9. The van der Waals surface area contributed by atoms with Gasteiger partial charge in [0.15, 0.2) is 11.5 Å². The van der Waals surface area contributed by atoms with Crippen LogP contribution in [0.4, 0.5) is 17.1 Å². The normalized spacial score (nSPS) is 17.0. The molecule has 0 saturated carbocycles. The molecule has 28 heavy (non-hydrogen) atoms. The van der Waals surface area contributed by atoms with E-state index in [1.54, 1.807) is 0 Å². The maximum atomic E-state index is 12.5. The molecule has 2 aromatic rings. The molecule has 2 heterocycles. The smallest absolute Gasteiger partial charge is 0.246 e. The van der Waals surface area contributed by atoms with E-state index >= 15 is 0 Å². The summed E-state index contributed by atoms with van der Waals surface area (Å²) in [6, 6.07) is 13.1. The molecule has 0 spiro atoms. The largest absolute Gasteiger partial charge is 0.486 e. The summed E-state index contributed by atoms with van der Waals surface area (Å²) >= 11 is 0. The van der Waals surface area contributed by atoms with Gasteiger partial charge in [0.25, 0.3) is 0 Å². The van der Waals surface area contributed by atoms with Crippen molar-refractivity contribution < 1.29 is 19.0 Å². The highest BCUT2D eigenvalue weighted by Gasteiger charge is 2.16. The Morgan fingerprint density at radius 3 is 2.36 bits per heavy atom. The number of fused-ring (bicyclic) bond motifs is 1. The number of carbonyl (C=O) groups excluding carboxylic acids is 1. The molecule has 2 aliphatic heterocycles. The summed E-state index contributed by atoms with van der Waals surface area (Å²) in [6.45, 7) is 6.21. The number of benzene rings is 2. The molecule has 0 radical (unpaired) electrons. The number of hydrogen-bond acceptors (Lipinski definition) is 6. The van der Waals surface area contributed by atoms with E-state index in [2.05, 4.69) is 15.5 Å². The highest BCUT2D eigenvalue weighted by Crippen LogP contribution is 2.32. The lowest BCUT2D eigenvalue weighted by Crippen LogP contribution is -2.36. The van der Waals surface area contributed by atoms with Gasteiger partial charge in [0, 0.05) is 36.2 Å². The van der Waals surface area contributed by atoms with Gasteiger partial charge in [-0.05, 0) is 43.3 Å². The molecule has 7 nitrogen and oxygen atoms in total.